The Bertz CT molecular complexity index is 1010. The van der Waals surface area contributed by atoms with Gasteiger partial charge in [0.2, 0.25) is 5.91 Å². The van der Waals surface area contributed by atoms with Crippen LogP contribution in [0.3, 0.4) is 0 Å². The fourth-order valence-electron chi connectivity index (χ4n) is 3.72. The number of anilines is 1. The molecule has 1 saturated heterocycles. The lowest BCUT2D eigenvalue weighted by Gasteiger charge is -2.11. The second kappa shape index (κ2) is 7.03. The highest BCUT2D eigenvalue weighted by Gasteiger charge is 2.30. The van der Waals surface area contributed by atoms with Gasteiger partial charge in [-0.2, -0.15) is 10.2 Å². The first-order valence-electron chi connectivity index (χ1n) is 9.81. The van der Waals surface area contributed by atoms with E-state index < -0.39 is 0 Å². The summed E-state index contributed by atoms with van der Waals surface area (Å²) in [6.07, 6.45) is 7.06. The SMILES string of the molecule is Cn1ncc(CO[C@H]2CCNC2)c1-c1ccn2nc(NC(=O)C3CC3)cc2c1. The molecule has 5 rings (SSSR count). The first kappa shape index (κ1) is 17.4. The summed E-state index contributed by atoms with van der Waals surface area (Å²) in [5.74, 6) is 0.819. The summed E-state index contributed by atoms with van der Waals surface area (Å²) in [4.78, 5) is 12.0. The molecule has 0 bridgehead atoms. The molecule has 1 aliphatic carbocycles. The van der Waals surface area contributed by atoms with Crippen molar-refractivity contribution >= 4 is 17.2 Å². The Labute approximate surface area is 162 Å². The van der Waals surface area contributed by atoms with Crippen molar-refractivity contribution in [1.82, 2.24) is 24.7 Å². The molecule has 0 aromatic carbocycles. The van der Waals surface area contributed by atoms with E-state index in [0.29, 0.717) is 12.4 Å². The second-order valence-electron chi connectivity index (χ2n) is 7.65. The monoisotopic (exact) mass is 380 g/mol. The van der Waals surface area contributed by atoms with Crippen LogP contribution >= 0.6 is 0 Å². The number of carbonyl (C=O) groups is 1. The number of rotatable bonds is 6. The van der Waals surface area contributed by atoms with Crippen molar-refractivity contribution in [2.24, 2.45) is 13.0 Å². The first-order chi connectivity index (χ1) is 13.7. The highest BCUT2D eigenvalue weighted by Crippen LogP contribution is 2.30. The Morgan fingerprint density at radius 1 is 1.36 bits per heavy atom. The predicted molar refractivity (Wildman–Crippen MR) is 105 cm³/mol. The van der Waals surface area contributed by atoms with E-state index in [1.807, 2.05) is 36.3 Å². The van der Waals surface area contributed by atoms with Crippen LogP contribution in [0.25, 0.3) is 16.8 Å². The molecular weight excluding hydrogens is 356 g/mol. The zero-order valence-electron chi connectivity index (χ0n) is 15.9. The van der Waals surface area contributed by atoms with Gasteiger partial charge in [0.25, 0.3) is 0 Å². The minimum Gasteiger partial charge on any atom is -0.372 e. The van der Waals surface area contributed by atoms with Gasteiger partial charge in [0.05, 0.1) is 30.1 Å². The third-order valence-electron chi connectivity index (χ3n) is 5.44. The largest absolute Gasteiger partial charge is 0.372 e. The van der Waals surface area contributed by atoms with Crippen molar-refractivity contribution in [1.29, 1.82) is 0 Å². The van der Waals surface area contributed by atoms with Crippen LogP contribution in [0.15, 0.2) is 30.6 Å². The minimum absolute atomic E-state index is 0.0658. The molecule has 28 heavy (non-hydrogen) atoms. The van der Waals surface area contributed by atoms with Gasteiger partial charge in [-0.05, 0) is 37.9 Å². The number of carbonyl (C=O) groups excluding carboxylic acids is 1. The number of ether oxygens (including phenoxy) is 1. The van der Waals surface area contributed by atoms with Gasteiger partial charge in [-0.15, -0.1) is 0 Å². The standard InChI is InChI=1S/C20H24N6O2/c1-25-19(15(10-22-25)12-28-17-4-6-21-11-17)14-5-7-26-16(8-14)9-18(24-26)23-20(27)13-2-3-13/h5,7-10,13,17,21H,2-4,6,11-12H2,1H3,(H,23,24,27)/t17-/m0/s1. The smallest absolute Gasteiger partial charge is 0.228 e. The quantitative estimate of drug-likeness (QED) is 0.683. The number of aryl methyl sites for hydroxylation is 1. The maximum absolute atomic E-state index is 12.0. The van der Waals surface area contributed by atoms with Crippen molar-refractivity contribution < 1.29 is 9.53 Å². The van der Waals surface area contributed by atoms with Gasteiger partial charge in [-0.3, -0.25) is 9.48 Å². The molecule has 1 aliphatic heterocycles. The van der Waals surface area contributed by atoms with Gasteiger partial charge in [0, 0.05) is 42.9 Å². The Hall–Kier alpha value is -2.71. The van der Waals surface area contributed by atoms with Gasteiger partial charge < -0.3 is 15.4 Å². The molecule has 0 unspecified atom stereocenters. The molecular formula is C20H24N6O2. The van der Waals surface area contributed by atoms with E-state index in [-0.39, 0.29) is 17.9 Å². The summed E-state index contributed by atoms with van der Waals surface area (Å²) in [5.41, 5.74) is 4.09. The molecule has 0 spiro atoms. The summed E-state index contributed by atoms with van der Waals surface area (Å²) in [6.45, 7) is 2.47. The maximum atomic E-state index is 12.0. The molecule has 146 valence electrons. The molecule has 1 saturated carbocycles. The fourth-order valence-corrected chi connectivity index (χ4v) is 3.72. The van der Waals surface area contributed by atoms with E-state index in [9.17, 15) is 4.79 Å². The van der Waals surface area contributed by atoms with Gasteiger partial charge in [0.1, 0.15) is 0 Å². The van der Waals surface area contributed by atoms with Crippen molar-refractivity contribution in [2.45, 2.75) is 32.0 Å². The highest BCUT2D eigenvalue weighted by molar-refractivity contribution is 5.93. The topological polar surface area (TPSA) is 85.5 Å². The molecule has 8 heteroatoms. The van der Waals surface area contributed by atoms with E-state index >= 15 is 0 Å². The fraction of sp³-hybridized carbons (Fsp3) is 0.450. The van der Waals surface area contributed by atoms with Gasteiger partial charge >= 0.3 is 0 Å². The van der Waals surface area contributed by atoms with E-state index in [1.165, 1.54) is 0 Å². The van der Waals surface area contributed by atoms with Crippen molar-refractivity contribution in [2.75, 3.05) is 18.4 Å². The Morgan fingerprint density at radius 3 is 3.04 bits per heavy atom. The van der Waals surface area contributed by atoms with Crippen LogP contribution in [-0.4, -0.2) is 44.5 Å². The van der Waals surface area contributed by atoms with Gasteiger partial charge in [-0.1, -0.05) is 0 Å². The third kappa shape index (κ3) is 3.41. The van der Waals surface area contributed by atoms with Crippen LogP contribution in [0.2, 0.25) is 0 Å². The lowest BCUT2D eigenvalue weighted by atomic mass is 10.1. The lowest BCUT2D eigenvalue weighted by Crippen LogP contribution is -2.16. The van der Waals surface area contributed by atoms with E-state index in [4.69, 9.17) is 4.74 Å². The number of pyridine rings is 1. The molecule has 1 atom stereocenters. The molecule has 1 amide bonds. The number of nitrogens with zero attached hydrogens (tertiary/aromatic N) is 4. The van der Waals surface area contributed by atoms with Crippen LogP contribution in [0.4, 0.5) is 5.82 Å². The van der Waals surface area contributed by atoms with E-state index in [2.05, 4.69) is 26.9 Å². The van der Waals surface area contributed by atoms with Gasteiger partial charge in [-0.25, -0.2) is 4.52 Å². The molecule has 3 aromatic heterocycles. The molecule has 4 heterocycles. The summed E-state index contributed by atoms with van der Waals surface area (Å²) in [6, 6.07) is 5.99. The van der Waals surface area contributed by atoms with Crippen LogP contribution in [0.5, 0.6) is 0 Å². The number of amides is 1. The molecule has 0 radical (unpaired) electrons. The van der Waals surface area contributed by atoms with Crippen molar-refractivity contribution in [3.8, 4) is 11.3 Å². The molecule has 3 aromatic rings. The normalized spacial score (nSPS) is 19.4. The number of aromatic nitrogens is 4. The molecule has 8 nitrogen and oxygen atoms in total. The van der Waals surface area contributed by atoms with Crippen molar-refractivity contribution in [3.63, 3.8) is 0 Å². The minimum atomic E-state index is 0.0658. The average Bonchev–Trinajstić information content (AvgIpc) is 3.09. The van der Waals surface area contributed by atoms with Crippen LogP contribution < -0.4 is 10.6 Å². The summed E-state index contributed by atoms with van der Waals surface area (Å²) in [5, 5.41) is 15.1. The first-order valence-corrected chi connectivity index (χ1v) is 9.81. The van der Waals surface area contributed by atoms with Gasteiger partial charge in [0.15, 0.2) is 5.82 Å². The molecule has 2 fully saturated rings. The van der Waals surface area contributed by atoms with Crippen LogP contribution in [0.1, 0.15) is 24.8 Å². The number of hydrogen-bond acceptors (Lipinski definition) is 5. The lowest BCUT2D eigenvalue weighted by molar-refractivity contribution is -0.117. The number of nitrogens with one attached hydrogen (secondary N) is 2. The van der Waals surface area contributed by atoms with E-state index in [0.717, 1.165) is 54.7 Å². The second-order valence-corrected chi connectivity index (χ2v) is 7.65. The Balaban J connectivity index is 1.39. The molecule has 2 N–H and O–H groups in total. The number of fused-ring (bicyclic) bond motifs is 1. The highest BCUT2D eigenvalue weighted by atomic mass is 16.5. The van der Waals surface area contributed by atoms with Crippen LogP contribution in [0, 0.1) is 5.92 Å². The summed E-state index contributed by atoms with van der Waals surface area (Å²) in [7, 11) is 1.94. The van der Waals surface area contributed by atoms with Crippen molar-refractivity contribution in [3.05, 3.63) is 36.2 Å². The van der Waals surface area contributed by atoms with E-state index in [1.54, 1.807) is 4.52 Å². The van der Waals surface area contributed by atoms with Crippen LogP contribution in [-0.2, 0) is 23.2 Å². The summed E-state index contributed by atoms with van der Waals surface area (Å²) >= 11 is 0. The third-order valence-corrected chi connectivity index (χ3v) is 5.44. The predicted octanol–water partition coefficient (Wildman–Crippen LogP) is 1.96. The molecule has 2 aliphatic rings. The number of hydrogen-bond donors (Lipinski definition) is 2. The average molecular weight is 380 g/mol. The zero-order chi connectivity index (χ0) is 19.1. The summed E-state index contributed by atoms with van der Waals surface area (Å²) < 4.78 is 9.71. The Morgan fingerprint density at radius 2 is 2.25 bits per heavy atom. The zero-order valence-corrected chi connectivity index (χ0v) is 15.9. The Kier molecular flexibility index (Phi) is 4.37. The maximum Gasteiger partial charge on any atom is 0.228 e.